The summed E-state index contributed by atoms with van der Waals surface area (Å²) < 4.78 is 35.5. The van der Waals surface area contributed by atoms with Crippen molar-refractivity contribution in [2.75, 3.05) is 27.4 Å². The lowest BCUT2D eigenvalue weighted by Gasteiger charge is -2.46. The Morgan fingerprint density at radius 3 is 1.48 bits per heavy atom. The average molecular weight is 861 g/mol. The van der Waals surface area contributed by atoms with Crippen molar-refractivity contribution in [2.24, 2.45) is 17.8 Å². The molecule has 1 heterocycles. The molecule has 56 heavy (non-hydrogen) atoms. The fourth-order valence-corrected chi connectivity index (χ4v) is 10.6. The minimum atomic E-state index is -2.55. The first-order chi connectivity index (χ1) is 24.7. The third-order valence-electron chi connectivity index (χ3n) is 14.3. The summed E-state index contributed by atoms with van der Waals surface area (Å²) in [5, 5.41) is 0.721. The minimum absolute atomic E-state index is 0.0353. The molecule has 0 N–H and O–H groups in total. The number of ketones is 1. The smallest absolute Gasteiger partial charge is 0.248 e. The highest BCUT2D eigenvalue weighted by Crippen LogP contribution is 2.52. The summed E-state index contributed by atoms with van der Waals surface area (Å²) >= 11 is 0. The van der Waals surface area contributed by atoms with Gasteiger partial charge in [-0.3, -0.25) is 14.4 Å². The number of amides is 1. The van der Waals surface area contributed by atoms with Crippen molar-refractivity contribution in [3.8, 4) is 0 Å². The normalized spacial score (nSPS) is 22.1. The van der Waals surface area contributed by atoms with Gasteiger partial charge in [-0.2, -0.15) is 0 Å². The van der Waals surface area contributed by atoms with Gasteiger partial charge in [0.1, 0.15) is 11.4 Å². The number of rotatable bonds is 20. The molecule has 1 saturated heterocycles. The van der Waals surface area contributed by atoms with Gasteiger partial charge in [0.15, 0.2) is 33.3 Å². The van der Waals surface area contributed by atoms with Crippen molar-refractivity contribution in [2.45, 2.75) is 207 Å². The fourth-order valence-electron chi connectivity index (χ4n) is 5.81. The van der Waals surface area contributed by atoms with Crippen LogP contribution in [0.1, 0.15) is 110 Å². The molecule has 0 unspecified atom stereocenters. The Bertz CT molecular complexity index is 1340. The van der Waals surface area contributed by atoms with Gasteiger partial charge >= 0.3 is 0 Å². The number of carbonyl (C=O) groups is 2. The highest BCUT2D eigenvalue weighted by Gasteiger charge is 2.65. The molecule has 9 nitrogen and oxygen atoms in total. The molecule has 0 radical (unpaired) electrons. The molecule has 1 aliphatic heterocycles. The number of allylic oxidation sites excluding steroid dienone is 1. The first-order valence-electron chi connectivity index (χ1n) is 21.0. The molecule has 0 aromatic rings. The number of ether oxygens (including phenoxy) is 1. The maximum atomic E-state index is 16.1. The topological polar surface area (TPSA) is 96.1 Å². The summed E-state index contributed by atoms with van der Waals surface area (Å²) in [5.74, 6) is -1.72. The average Bonchev–Trinajstić information content (AvgIpc) is 3.70. The van der Waals surface area contributed by atoms with Crippen LogP contribution < -0.4 is 0 Å². The third kappa shape index (κ3) is 13.3. The van der Waals surface area contributed by atoms with Crippen LogP contribution in [0.25, 0.3) is 0 Å². The highest BCUT2D eigenvalue weighted by molar-refractivity contribution is 6.75. The van der Waals surface area contributed by atoms with Gasteiger partial charge in [0.05, 0.1) is 43.7 Å². The molecule has 13 heteroatoms. The van der Waals surface area contributed by atoms with E-state index in [0.717, 1.165) is 0 Å². The Morgan fingerprint density at radius 2 is 1.11 bits per heavy atom. The van der Waals surface area contributed by atoms with Crippen molar-refractivity contribution in [1.29, 1.82) is 0 Å². The lowest BCUT2D eigenvalue weighted by Crippen LogP contribution is -2.57. The number of nitrogens with zero attached hydrogens (tertiary/aromatic N) is 1. The minimum Gasteiger partial charge on any atom is -0.416 e. The van der Waals surface area contributed by atoms with Crippen molar-refractivity contribution < 1.29 is 36.9 Å². The molecule has 1 fully saturated rings. The summed E-state index contributed by atoms with van der Waals surface area (Å²) in [7, 11) is -6.72. The monoisotopic (exact) mass is 860 g/mol. The molecule has 0 aromatic heterocycles. The van der Waals surface area contributed by atoms with Gasteiger partial charge in [0.2, 0.25) is 5.91 Å². The van der Waals surface area contributed by atoms with E-state index in [1.54, 1.807) is 7.05 Å². The van der Waals surface area contributed by atoms with Crippen LogP contribution >= 0.6 is 0 Å². The molecule has 0 saturated carbocycles. The summed E-state index contributed by atoms with van der Waals surface area (Å²) in [5.41, 5.74) is -0.752. The number of hydrogen-bond acceptors (Lipinski definition) is 8. The van der Waals surface area contributed by atoms with E-state index in [1.807, 2.05) is 6.92 Å². The van der Waals surface area contributed by atoms with E-state index >= 15 is 4.79 Å². The van der Waals surface area contributed by atoms with Crippen molar-refractivity contribution in [3.05, 3.63) is 12.2 Å². The zero-order valence-electron chi connectivity index (χ0n) is 41.0. The summed E-state index contributed by atoms with van der Waals surface area (Å²) in [6, 6.07) is 0. The molecule has 7 atom stereocenters. The predicted molar refractivity (Wildman–Crippen MR) is 244 cm³/mol. The largest absolute Gasteiger partial charge is 0.416 e. The predicted octanol–water partition coefficient (Wildman–Crippen LogP) is 11.4. The van der Waals surface area contributed by atoms with Crippen molar-refractivity contribution in [3.63, 3.8) is 0 Å². The molecular weight excluding hydrogens is 771 g/mol. The molecule has 1 rings (SSSR count). The lowest BCUT2D eigenvalue weighted by molar-refractivity contribution is -0.171. The van der Waals surface area contributed by atoms with E-state index in [9.17, 15) is 4.79 Å². The molecule has 0 spiro atoms. The molecule has 0 aromatic carbocycles. The van der Waals surface area contributed by atoms with Gasteiger partial charge in [-0.25, -0.2) is 5.06 Å². The summed E-state index contributed by atoms with van der Waals surface area (Å²) in [6.45, 7) is 50.8. The van der Waals surface area contributed by atoms with Crippen molar-refractivity contribution >= 4 is 45.0 Å². The number of carbonyl (C=O) groups excluding carboxylic acids is 2. The van der Waals surface area contributed by atoms with Gasteiger partial charge in [-0.05, 0) is 86.4 Å². The fraction of sp³-hybridized carbons (Fsp3) is 0.907. The van der Waals surface area contributed by atoms with Crippen LogP contribution in [0.2, 0.25) is 72.5 Å². The van der Waals surface area contributed by atoms with Crippen LogP contribution in [0.3, 0.4) is 0 Å². The van der Waals surface area contributed by atoms with Gasteiger partial charge in [-0.15, -0.1) is 0 Å². The Kier molecular flexibility index (Phi) is 17.8. The van der Waals surface area contributed by atoms with Crippen LogP contribution in [-0.4, -0.2) is 101 Å². The zero-order valence-corrected chi connectivity index (χ0v) is 45.0. The van der Waals surface area contributed by atoms with E-state index in [1.165, 1.54) is 12.2 Å². The molecule has 1 amide bonds. The highest BCUT2D eigenvalue weighted by atomic mass is 28.4. The Hall–Kier alpha value is -0.492. The maximum absolute atomic E-state index is 16.1. The van der Waals surface area contributed by atoms with E-state index in [4.69, 9.17) is 27.3 Å². The lowest BCUT2D eigenvalue weighted by atomic mass is 9.79. The Balaban J connectivity index is 4.32. The summed E-state index contributed by atoms with van der Waals surface area (Å²) in [4.78, 5) is 35.4. The van der Waals surface area contributed by atoms with Crippen LogP contribution in [0.4, 0.5) is 0 Å². The third-order valence-corrected chi connectivity index (χ3v) is 32.3. The van der Waals surface area contributed by atoms with Crippen LogP contribution in [0, 0.1) is 17.8 Å². The number of hydrogen-bond donors (Lipinski definition) is 0. The van der Waals surface area contributed by atoms with E-state index in [0.29, 0.717) is 0 Å². The second kappa shape index (κ2) is 18.6. The molecular formula is C43H89NO8Si4. The first kappa shape index (κ1) is 53.5. The number of epoxide rings is 1. The van der Waals surface area contributed by atoms with Gasteiger partial charge < -0.3 is 22.4 Å². The first-order valence-corrected chi connectivity index (χ1v) is 32.7. The standard InChI is InChI=1S/C43H89NO8Si4/c1-26-27-31(2)37-43(15,50-37)38(52-56(24,25)42(12,13)14)33(30-49-54(20,21)40(6,7)8)36(46)32(29-48-53(18,19)39(3,4)5)34(28-35(45)44(16)47-17)51-55(22,23)41(9,10)11/h26-27,31-34,37-38H,28-30H2,1-25H3/b27-26-/t31-,32+,33-,34-,37+,38-,43+/m0/s1. The summed E-state index contributed by atoms with van der Waals surface area (Å²) in [6.07, 6.45) is 2.67. The Morgan fingerprint density at radius 1 is 0.714 bits per heavy atom. The van der Waals surface area contributed by atoms with Crippen molar-refractivity contribution in [1.82, 2.24) is 5.06 Å². The van der Waals surface area contributed by atoms with Gasteiger partial charge in [-0.1, -0.05) is 102 Å². The van der Waals surface area contributed by atoms with Gasteiger partial charge in [0.25, 0.3) is 0 Å². The molecule has 0 bridgehead atoms. The van der Waals surface area contributed by atoms with Crippen LogP contribution in [-0.2, 0) is 36.9 Å². The maximum Gasteiger partial charge on any atom is 0.248 e. The van der Waals surface area contributed by atoms with Gasteiger partial charge in [0, 0.05) is 26.2 Å². The Labute approximate surface area is 349 Å². The SMILES string of the molecule is C/C=C\[C@H](C)[C@H]1O[C@@]1(C)[C@@H](O[Si](C)(C)C(C)(C)C)[C@@H](CO[Si](C)(C)C(C)(C)C)C(=O)[C@H](CO[Si](C)(C)C(C)(C)C)[C@H](CC(=O)N(C)OC)O[Si](C)(C)C(C)(C)C. The molecule has 1 aliphatic rings. The number of Topliss-reactive ketones (excluding diaryl/α,β-unsaturated/α-hetero) is 1. The quantitative estimate of drug-likeness (QED) is 0.0517. The van der Waals surface area contributed by atoms with Crippen LogP contribution in [0.5, 0.6) is 0 Å². The molecule has 330 valence electrons. The number of hydroxylamine groups is 2. The second-order valence-electron chi connectivity index (χ2n) is 22.9. The van der Waals surface area contributed by atoms with E-state index in [-0.39, 0.29) is 63.5 Å². The molecule has 0 aliphatic carbocycles. The van der Waals surface area contributed by atoms with E-state index < -0.39 is 62.9 Å². The zero-order chi connectivity index (χ0) is 44.5. The second-order valence-corrected chi connectivity index (χ2v) is 42.0. The van der Waals surface area contributed by atoms with Crippen LogP contribution in [0.15, 0.2) is 12.2 Å². The van der Waals surface area contributed by atoms with E-state index in [2.05, 4.69) is 161 Å².